The first-order valence-electron chi connectivity index (χ1n) is 8.59. The molecule has 0 aliphatic carbocycles. The molecular weight excluding hydrogens is 430 g/mol. The van der Waals surface area contributed by atoms with Gasteiger partial charge in [-0.25, -0.2) is 4.98 Å². The highest BCUT2D eigenvalue weighted by molar-refractivity contribution is 8.01. The second-order valence-electron chi connectivity index (χ2n) is 5.87. The van der Waals surface area contributed by atoms with Crippen molar-refractivity contribution < 1.29 is 14.3 Å². The normalized spacial score (nSPS) is 10.4. The number of aromatic nitrogens is 1. The molecular formula is C20H18ClN3O3S2. The number of rotatable bonds is 8. The van der Waals surface area contributed by atoms with Gasteiger partial charge in [0.05, 0.1) is 30.7 Å². The van der Waals surface area contributed by atoms with E-state index >= 15 is 0 Å². The molecule has 0 aliphatic heterocycles. The van der Waals surface area contributed by atoms with E-state index in [1.807, 2.05) is 17.5 Å². The van der Waals surface area contributed by atoms with Gasteiger partial charge in [-0.3, -0.25) is 9.59 Å². The Hall–Kier alpha value is -2.55. The third-order valence-electron chi connectivity index (χ3n) is 3.71. The first kappa shape index (κ1) is 21.2. The monoisotopic (exact) mass is 447 g/mol. The van der Waals surface area contributed by atoms with Crippen LogP contribution in [0, 0.1) is 0 Å². The van der Waals surface area contributed by atoms with Crippen LogP contribution < -0.4 is 15.4 Å². The van der Waals surface area contributed by atoms with E-state index in [9.17, 15) is 9.59 Å². The highest BCUT2D eigenvalue weighted by Gasteiger charge is 2.12. The van der Waals surface area contributed by atoms with Gasteiger partial charge in [-0.15, -0.1) is 11.3 Å². The number of carbonyl (C=O) groups is 2. The number of nitrogens with one attached hydrogen (secondary N) is 2. The molecule has 2 amide bonds. The van der Waals surface area contributed by atoms with Gasteiger partial charge in [-0.2, -0.15) is 0 Å². The Balaban J connectivity index is 1.48. The molecule has 0 fully saturated rings. The number of amides is 2. The van der Waals surface area contributed by atoms with Gasteiger partial charge >= 0.3 is 0 Å². The minimum atomic E-state index is -0.183. The Morgan fingerprint density at radius 3 is 2.62 bits per heavy atom. The molecule has 2 aromatic carbocycles. The molecule has 3 aromatic rings. The summed E-state index contributed by atoms with van der Waals surface area (Å²) in [4.78, 5) is 28.7. The van der Waals surface area contributed by atoms with Crippen molar-refractivity contribution in [2.75, 3.05) is 23.5 Å². The van der Waals surface area contributed by atoms with E-state index < -0.39 is 0 Å². The maximum absolute atomic E-state index is 12.3. The highest BCUT2D eigenvalue weighted by atomic mass is 35.5. The van der Waals surface area contributed by atoms with E-state index in [1.165, 1.54) is 23.1 Å². The van der Waals surface area contributed by atoms with E-state index in [-0.39, 0.29) is 24.0 Å². The number of halogens is 1. The van der Waals surface area contributed by atoms with Gasteiger partial charge in [0.2, 0.25) is 11.8 Å². The van der Waals surface area contributed by atoms with Gasteiger partial charge in [0.15, 0.2) is 4.34 Å². The summed E-state index contributed by atoms with van der Waals surface area (Å²) in [6.45, 7) is 0. The summed E-state index contributed by atoms with van der Waals surface area (Å²) < 4.78 is 5.96. The van der Waals surface area contributed by atoms with Gasteiger partial charge in [-0.05, 0) is 36.4 Å². The molecule has 0 bridgehead atoms. The minimum absolute atomic E-state index is 0.136. The smallest absolute Gasteiger partial charge is 0.234 e. The first-order valence-corrected chi connectivity index (χ1v) is 10.8. The van der Waals surface area contributed by atoms with Crippen molar-refractivity contribution in [3.63, 3.8) is 0 Å². The summed E-state index contributed by atoms with van der Waals surface area (Å²) in [5.74, 6) is 0.505. The Bertz CT molecular complexity index is 993. The Labute approximate surface area is 181 Å². The average molecular weight is 448 g/mol. The van der Waals surface area contributed by atoms with Crippen LogP contribution in [-0.4, -0.2) is 29.7 Å². The van der Waals surface area contributed by atoms with Crippen LogP contribution in [0.1, 0.15) is 5.69 Å². The largest absolute Gasteiger partial charge is 0.495 e. The van der Waals surface area contributed by atoms with E-state index in [0.717, 1.165) is 4.34 Å². The predicted octanol–water partition coefficient (Wildman–Crippen LogP) is 4.72. The van der Waals surface area contributed by atoms with Gasteiger partial charge < -0.3 is 15.4 Å². The number of methoxy groups -OCH3 is 1. The molecule has 29 heavy (non-hydrogen) atoms. The van der Waals surface area contributed by atoms with Gasteiger partial charge in [0.25, 0.3) is 0 Å². The van der Waals surface area contributed by atoms with Crippen LogP contribution in [0.25, 0.3) is 0 Å². The molecule has 1 heterocycles. The number of thiazole rings is 1. The molecule has 0 radical (unpaired) electrons. The topological polar surface area (TPSA) is 80.3 Å². The SMILES string of the molecule is COc1ccccc1NC(=O)Cc1csc(SCC(=O)Nc2ccc(Cl)cc2)n1. The lowest BCUT2D eigenvalue weighted by atomic mass is 10.2. The van der Waals surface area contributed by atoms with Crippen molar-refractivity contribution >= 4 is 57.9 Å². The number of benzene rings is 2. The van der Waals surface area contributed by atoms with E-state index in [1.54, 1.807) is 43.5 Å². The van der Waals surface area contributed by atoms with Crippen LogP contribution in [0.2, 0.25) is 5.02 Å². The molecule has 0 saturated heterocycles. The lowest BCUT2D eigenvalue weighted by Gasteiger charge is -2.08. The molecule has 3 rings (SSSR count). The van der Waals surface area contributed by atoms with E-state index in [2.05, 4.69) is 15.6 Å². The Morgan fingerprint density at radius 2 is 1.86 bits per heavy atom. The standard InChI is InChI=1S/C20H18ClN3O3S2/c1-27-17-5-3-2-4-16(17)24-18(25)10-15-11-28-20(23-15)29-12-19(26)22-14-8-6-13(21)7-9-14/h2-9,11H,10,12H2,1H3,(H,22,26)(H,24,25). The lowest BCUT2D eigenvalue weighted by molar-refractivity contribution is -0.116. The molecule has 0 spiro atoms. The fraction of sp³-hybridized carbons (Fsp3) is 0.150. The van der Waals surface area contributed by atoms with E-state index in [4.69, 9.17) is 16.3 Å². The van der Waals surface area contributed by atoms with Crippen LogP contribution in [0.4, 0.5) is 11.4 Å². The average Bonchev–Trinajstić information content (AvgIpc) is 3.16. The summed E-state index contributed by atoms with van der Waals surface area (Å²) in [6.07, 6.45) is 0.145. The third kappa shape index (κ3) is 6.49. The van der Waals surface area contributed by atoms with Gasteiger partial charge in [-0.1, -0.05) is 35.5 Å². The maximum Gasteiger partial charge on any atom is 0.234 e. The predicted molar refractivity (Wildman–Crippen MR) is 118 cm³/mol. The van der Waals surface area contributed by atoms with Crippen LogP contribution in [-0.2, 0) is 16.0 Å². The zero-order valence-corrected chi connectivity index (χ0v) is 17.9. The first-order chi connectivity index (χ1) is 14.0. The summed E-state index contributed by atoms with van der Waals surface area (Å²) in [5.41, 5.74) is 1.96. The fourth-order valence-electron chi connectivity index (χ4n) is 2.40. The summed E-state index contributed by atoms with van der Waals surface area (Å²) >= 11 is 8.56. The Kier molecular flexibility index (Phi) is 7.51. The number of hydrogen-bond donors (Lipinski definition) is 2. The van der Waals surface area contributed by atoms with Crippen molar-refractivity contribution in [3.8, 4) is 5.75 Å². The number of thioether (sulfide) groups is 1. The van der Waals surface area contributed by atoms with Crippen molar-refractivity contribution in [1.82, 2.24) is 4.98 Å². The Morgan fingerprint density at radius 1 is 1.10 bits per heavy atom. The summed E-state index contributed by atoms with van der Waals surface area (Å²) in [7, 11) is 1.55. The molecule has 0 aliphatic rings. The second-order valence-corrected chi connectivity index (χ2v) is 8.39. The number of nitrogens with zero attached hydrogens (tertiary/aromatic N) is 1. The van der Waals surface area contributed by atoms with Crippen molar-refractivity contribution in [2.45, 2.75) is 10.8 Å². The zero-order valence-electron chi connectivity index (χ0n) is 15.5. The third-order valence-corrected chi connectivity index (χ3v) is 6.03. The van der Waals surface area contributed by atoms with Crippen molar-refractivity contribution in [1.29, 1.82) is 0 Å². The van der Waals surface area contributed by atoms with Gasteiger partial charge in [0.1, 0.15) is 5.75 Å². The molecule has 150 valence electrons. The van der Waals surface area contributed by atoms with Gasteiger partial charge in [0, 0.05) is 16.1 Å². The fourth-order valence-corrected chi connectivity index (χ4v) is 4.17. The quantitative estimate of drug-likeness (QED) is 0.488. The molecule has 9 heteroatoms. The number of anilines is 2. The van der Waals surface area contributed by atoms with Crippen LogP contribution in [0.15, 0.2) is 58.3 Å². The zero-order chi connectivity index (χ0) is 20.6. The molecule has 6 nitrogen and oxygen atoms in total. The van der Waals surface area contributed by atoms with Crippen LogP contribution >= 0.6 is 34.7 Å². The number of para-hydroxylation sites is 2. The number of hydrogen-bond acceptors (Lipinski definition) is 6. The number of carbonyl (C=O) groups excluding carboxylic acids is 2. The molecule has 0 atom stereocenters. The lowest BCUT2D eigenvalue weighted by Crippen LogP contribution is -2.15. The van der Waals surface area contributed by atoms with E-state index in [0.29, 0.717) is 27.8 Å². The summed E-state index contributed by atoms with van der Waals surface area (Å²) in [5, 5.41) is 8.05. The highest BCUT2D eigenvalue weighted by Crippen LogP contribution is 2.25. The maximum atomic E-state index is 12.3. The molecule has 0 saturated carbocycles. The summed E-state index contributed by atoms with van der Waals surface area (Å²) in [6, 6.07) is 14.1. The number of ether oxygens (including phenoxy) is 1. The van der Waals surface area contributed by atoms with Crippen LogP contribution in [0.5, 0.6) is 5.75 Å². The van der Waals surface area contributed by atoms with Crippen molar-refractivity contribution in [3.05, 3.63) is 64.6 Å². The minimum Gasteiger partial charge on any atom is -0.495 e. The molecule has 1 aromatic heterocycles. The van der Waals surface area contributed by atoms with Crippen LogP contribution in [0.3, 0.4) is 0 Å². The molecule has 2 N–H and O–H groups in total. The van der Waals surface area contributed by atoms with Crippen molar-refractivity contribution in [2.24, 2.45) is 0 Å². The molecule has 0 unspecified atom stereocenters. The second kappa shape index (κ2) is 10.3.